The summed E-state index contributed by atoms with van der Waals surface area (Å²) < 4.78 is 65.0. The van der Waals surface area contributed by atoms with Gasteiger partial charge in [0.2, 0.25) is 0 Å². The Morgan fingerprint density at radius 1 is 0.355 bits per heavy atom. The molecule has 0 unspecified atom stereocenters. The first-order chi connectivity index (χ1) is 37.3. The first kappa shape index (κ1) is 53.0. The van der Waals surface area contributed by atoms with Gasteiger partial charge in [0.15, 0.2) is 24.8 Å². The molecule has 7 aromatic carbocycles. The third-order valence-electron chi connectivity index (χ3n) is 12.6. The lowest BCUT2D eigenvalue weighted by atomic mass is 9.95. The maximum Gasteiger partial charge on any atom is 0.338 e. The summed E-state index contributed by atoms with van der Waals surface area (Å²) >= 11 is 0. The molecule has 0 saturated carbocycles. The van der Waals surface area contributed by atoms with Crippen molar-refractivity contribution in [3.8, 4) is 0 Å². The van der Waals surface area contributed by atoms with E-state index < -0.39 is 91.9 Å². The van der Waals surface area contributed by atoms with Crippen LogP contribution in [0.15, 0.2) is 212 Å². The molecule has 10 atom stereocenters. The summed E-state index contributed by atoms with van der Waals surface area (Å²) in [6, 6.07) is 61.1. The SMILES string of the molecule is O=C(OC[C@H]1O[C@H](O[C@H]2[C@H](OC(=O)c3ccccc3)[C@H](OC(=O)c3ccccc3)[C@@H](O)O[C@@H]2COC(=O)c2ccccc2)[C@@H](OCc2ccccc2)[C@@H](OCc2ccccc2)[C@@H]1OCc1ccccc1)c1ccccc1. The second kappa shape index (κ2) is 26.6. The highest BCUT2D eigenvalue weighted by molar-refractivity contribution is 5.91. The lowest BCUT2D eigenvalue weighted by Gasteiger charge is -2.49. The zero-order chi connectivity index (χ0) is 52.5. The first-order valence-corrected chi connectivity index (χ1v) is 24.8. The van der Waals surface area contributed by atoms with Crippen LogP contribution in [-0.4, -0.2) is 104 Å². The lowest BCUT2D eigenvalue weighted by Crippen LogP contribution is -2.66. The van der Waals surface area contributed by atoms with Gasteiger partial charge in [0.25, 0.3) is 0 Å². The summed E-state index contributed by atoms with van der Waals surface area (Å²) in [6.07, 6.45) is -14.5. The van der Waals surface area contributed by atoms with Gasteiger partial charge < -0.3 is 52.5 Å². The van der Waals surface area contributed by atoms with Gasteiger partial charge >= 0.3 is 23.9 Å². The third kappa shape index (κ3) is 14.1. The molecule has 76 heavy (non-hydrogen) atoms. The van der Waals surface area contributed by atoms with Gasteiger partial charge in [-0.05, 0) is 65.2 Å². The smallest absolute Gasteiger partial charge is 0.338 e. The van der Waals surface area contributed by atoms with Crippen LogP contribution in [0.5, 0.6) is 0 Å². The molecule has 7 aromatic rings. The van der Waals surface area contributed by atoms with Gasteiger partial charge in [-0.15, -0.1) is 0 Å². The van der Waals surface area contributed by atoms with Crippen molar-refractivity contribution < 1.29 is 71.7 Å². The quantitative estimate of drug-likeness (QED) is 0.0533. The minimum absolute atomic E-state index is 0.000716. The lowest BCUT2D eigenvalue weighted by molar-refractivity contribution is -0.365. The molecule has 0 aliphatic carbocycles. The number of hydrogen-bond acceptors (Lipinski definition) is 15. The normalized spacial score (nSPS) is 23.1. The summed E-state index contributed by atoms with van der Waals surface area (Å²) in [6.45, 7) is -0.830. The van der Waals surface area contributed by atoms with Gasteiger partial charge in [0.1, 0.15) is 49.8 Å². The summed E-state index contributed by atoms with van der Waals surface area (Å²) in [5, 5.41) is 11.9. The molecule has 15 heteroatoms. The van der Waals surface area contributed by atoms with Crippen LogP contribution in [0, 0.1) is 0 Å². The Labute approximate surface area is 439 Å². The van der Waals surface area contributed by atoms with Crippen molar-refractivity contribution in [2.24, 2.45) is 0 Å². The molecule has 2 aliphatic heterocycles. The van der Waals surface area contributed by atoms with Crippen LogP contribution in [0.3, 0.4) is 0 Å². The van der Waals surface area contributed by atoms with Crippen LogP contribution >= 0.6 is 0 Å². The van der Waals surface area contributed by atoms with Gasteiger partial charge in [0, 0.05) is 0 Å². The highest BCUT2D eigenvalue weighted by Gasteiger charge is 2.56. The Kier molecular flexibility index (Phi) is 18.5. The predicted octanol–water partition coefficient (Wildman–Crippen LogP) is 8.74. The van der Waals surface area contributed by atoms with Gasteiger partial charge in [-0.1, -0.05) is 164 Å². The topological polar surface area (TPSA) is 181 Å². The molecule has 0 radical (unpaired) electrons. The standard InChI is InChI=1S/C61H56O15/c62-56(44-28-14-4-15-29-44)70-39-48-50(67-36-41-22-8-1-9-23-41)52(68-37-42-24-10-2-11-25-42)55(69-38-43-26-12-3-13-27-43)61(73-48)76-51-49(40-71-57(63)45-30-16-5-17-31-45)72-60(66)54(75-59(65)47-34-20-7-21-35-47)53(51)74-58(64)46-32-18-6-19-33-46/h1-35,48-55,60-61,66H,36-40H2/t48-,49-,50-,51-,52+,53+,54+,55+,60+,61-/m1/s1. The van der Waals surface area contributed by atoms with E-state index in [2.05, 4.69) is 0 Å². The van der Waals surface area contributed by atoms with E-state index in [-0.39, 0.29) is 43.1 Å². The van der Waals surface area contributed by atoms with Crippen LogP contribution in [-0.2, 0) is 67.2 Å². The average Bonchev–Trinajstić information content (AvgIpc) is 3.49. The van der Waals surface area contributed by atoms with E-state index in [1.54, 1.807) is 97.1 Å². The van der Waals surface area contributed by atoms with Crippen LogP contribution in [0.4, 0.5) is 0 Å². The minimum Gasteiger partial charge on any atom is -0.459 e. The summed E-state index contributed by atoms with van der Waals surface area (Å²) in [5.41, 5.74) is 3.17. The van der Waals surface area contributed by atoms with E-state index >= 15 is 0 Å². The molecular weight excluding hydrogens is 973 g/mol. The molecule has 9 rings (SSSR count). The molecule has 2 heterocycles. The van der Waals surface area contributed by atoms with E-state index in [1.165, 1.54) is 24.3 Å². The maximum atomic E-state index is 14.3. The molecule has 0 spiro atoms. The van der Waals surface area contributed by atoms with Crippen LogP contribution in [0.25, 0.3) is 0 Å². The molecule has 2 aliphatic rings. The van der Waals surface area contributed by atoms with Crippen molar-refractivity contribution in [3.63, 3.8) is 0 Å². The number of carbonyl (C=O) groups excluding carboxylic acids is 4. The van der Waals surface area contributed by atoms with Crippen molar-refractivity contribution in [2.75, 3.05) is 13.2 Å². The van der Waals surface area contributed by atoms with Gasteiger partial charge in [0.05, 0.1) is 42.1 Å². The highest BCUT2D eigenvalue weighted by Crippen LogP contribution is 2.36. The minimum atomic E-state index is -1.97. The Morgan fingerprint density at radius 3 is 1.09 bits per heavy atom. The first-order valence-electron chi connectivity index (χ1n) is 24.8. The Balaban J connectivity index is 1.14. The number of esters is 4. The Morgan fingerprint density at radius 2 is 0.684 bits per heavy atom. The number of benzene rings is 7. The molecule has 0 aromatic heterocycles. The summed E-state index contributed by atoms with van der Waals surface area (Å²) in [4.78, 5) is 55.5. The highest BCUT2D eigenvalue weighted by atomic mass is 16.8. The third-order valence-corrected chi connectivity index (χ3v) is 12.6. The number of carbonyl (C=O) groups is 4. The largest absolute Gasteiger partial charge is 0.459 e. The maximum absolute atomic E-state index is 14.3. The number of hydrogen-bond donors (Lipinski definition) is 1. The number of aliphatic hydroxyl groups is 1. The van der Waals surface area contributed by atoms with Gasteiger partial charge in [-0.3, -0.25) is 0 Å². The molecule has 0 amide bonds. The zero-order valence-corrected chi connectivity index (χ0v) is 41.2. The van der Waals surface area contributed by atoms with Gasteiger partial charge in [-0.25, -0.2) is 19.2 Å². The fraction of sp³-hybridized carbons (Fsp3) is 0.246. The number of rotatable bonds is 21. The van der Waals surface area contributed by atoms with E-state index in [0.717, 1.165) is 16.7 Å². The van der Waals surface area contributed by atoms with Gasteiger partial charge in [-0.2, -0.15) is 0 Å². The Hall–Kier alpha value is -7.86. The molecule has 2 saturated heterocycles. The fourth-order valence-corrected chi connectivity index (χ4v) is 8.76. The number of ether oxygens (including phenoxy) is 10. The average molecular weight is 1030 g/mol. The van der Waals surface area contributed by atoms with Crippen LogP contribution < -0.4 is 0 Å². The van der Waals surface area contributed by atoms with Crippen LogP contribution in [0.1, 0.15) is 58.1 Å². The zero-order valence-electron chi connectivity index (χ0n) is 41.2. The van der Waals surface area contributed by atoms with Crippen molar-refractivity contribution in [1.82, 2.24) is 0 Å². The fourth-order valence-electron chi connectivity index (χ4n) is 8.76. The van der Waals surface area contributed by atoms with E-state index in [1.807, 2.05) is 91.0 Å². The van der Waals surface area contributed by atoms with Crippen molar-refractivity contribution in [1.29, 1.82) is 0 Å². The predicted molar refractivity (Wildman–Crippen MR) is 274 cm³/mol. The molecular formula is C61H56O15. The summed E-state index contributed by atoms with van der Waals surface area (Å²) in [7, 11) is 0. The number of aliphatic hydroxyl groups excluding tert-OH is 1. The molecule has 1 N–H and O–H groups in total. The Bertz CT molecular complexity index is 2900. The van der Waals surface area contributed by atoms with Crippen molar-refractivity contribution in [2.45, 2.75) is 81.2 Å². The van der Waals surface area contributed by atoms with E-state index in [4.69, 9.17) is 47.4 Å². The second-order valence-electron chi connectivity index (χ2n) is 17.9. The van der Waals surface area contributed by atoms with E-state index in [9.17, 15) is 24.3 Å². The molecule has 2 fully saturated rings. The van der Waals surface area contributed by atoms with E-state index in [0.29, 0.717) is 5.56 Å². The monoisotopic (exact) mass is 1030 g/mol. The molecule has 15 nitrogen and oxygen atoms in total. The molecule has 390 valence electrons. The second-order valence-corrected chi connectivity index (χ2v) is 17.9. The van der Waals surface area contributed by atoms with Crippen molar-refractivity contribution >= 4 is 23.9 Å². The van der Waals surface area contributed by atoms with Crippen molar-refractivity contribution in [3.05, 3.63) is 251 Å². The molecule has 0 bridgehead atoms. The van der Waals surface area contributed by atoms with Crippen LogP contribution in [0.2, 0.25) is 0 Å². The summed E-state index contributed by atoms with van der Waals surface area (Å²) in [5.74, 6) is -3.13.